The highest BCUT2D eigenvalue weighted by atomic mass is 35.5. The van der Waals surface area contributed by atoms with Crippen LogP contribution in [0.15, 0.2) is 24.3 Å². The number of halogens is 1. The molecule has 3 rings (SSSR count). The van der Waals surface area contributed by atoms with Crippen LogP contribution >= 0.6 is 11.6 Å². The molecule has 2 heterocycles. The number of hydrogen-bond donors (Lipinski definition) is 1. The highest BCUT2D eigenvalue weighted by Gasteiger charge is 2.45. The molecule has 1 aromatic carbocycles. The first-order valence-electron chi connectivity index (χ1n) is 5.49. The average Bonchev–Trinajstić information content (AvgIpc) is 2.65. The number of rotatable bonds is 1. The average molecular weight is 223 g/mol. The summed E-state index contributed by atoms with van der Waals surface area (Å²) in [5.74, 6) is 0. The van der Waals surface area contributed by atoms with Gasteiger partial charge in [0.2, 0.25) is 0 Å². The van der Waals surface area contributed by atoms with Gasteiger partial charge in [-0.3, -0.25) is 0 Å². The van der Waals surface area contributed by atoms with Crippen LogP contribution < -0.4 is 10.2 Å². The van der Waals surface area contributed by atoms with Crippen molar-refractivity contribution in [3.8, 4) is 0 Å². The molecular formula is C12H15ClN2. The van der Waals surface area contributed by atoms with Crippen LogP contribution in [0.2, 0.25) is 5.02 Å². The van der Waals surface area contributed by atoms with Crippen LogP contribution in [0.5, 0.6) is 0 Å². The number of benzene rings is 1. The predicted octanol–water partition coefficient (Wildman–Crippen LogP) is 2.14. The van der Waals surface area contributed by atoms with Crippen LogP contribution in [0, 0.1) is 5.41 Å². The molecule has 0 aromatic heterocycles. The Balaban J connectivity index is 1.75. The molecular weight excluding hydrogens is 208 g/mol. The van der Waals surface area contributed by atoms with Gasteiger partial charge in [-0.15, -0.1) is 0 Å². The standard InChI is InChI=1S/C12H15ClN2/c13-10-3-1-2-4-11(10)15-8-12(9-15)5-6-14-7-12/h1-4,14H,5-9H2. The monoisotopic (exact) mass is 222 g/mol. The van der Waals surface area contributed by atoms with E-state index in [1.807, 2.05) is 12.1 Å². The lowest BCUT2D eigenvalue weighted by Gasteiger charge is -2.49. The lowest BCUT2D eigenvalue weighted by atomic mass is 9.79. The first-order valence-corrected chi connectivity index (χ1v) is 5.87. The van der Waals surface area contributed by atoms with Gasteiger partial charge in [-0.05, 0) is 25.1 Å². The third-order valence-corrected chi connectivity index (χ3v) is 3.90. The Hall–Kier alpha value is -0.730. The minimum absolute atomic E-state index is 0.541. The summed E-state index contributed by atoms with van der Waals surface area (Å²) in [5, 5.41) is 4.32. The molecule has 2 aliphatic heterocycles. The molecule has 0 unspecified atom stereocenters. The molecule has 0 amide bonds. The molecule has 3 heteroatoms. The lowest BCUT2D eigenvalue weighted by molar-refractivity contribution is 0.243. The summed E-state index contributed by atoms with van der Waals surface area (Å²) in [4.78, 5) is 2.38. The van der Waals surface area contributed by atoms with E-state index in [9.17, 15) is 0 Å². The minimum Gasteiger partial charge on any atom is -0.369 e. The Morgan fingerprint density at radius 3 is 2.73 bits per heavy atom. The molecule has 2 aliphatic rings. The smallest absolute Gasteiger partial charge is 0.0639 e. The number of anilines is 1. The van der Waals surface area contributed by atoms with Crippen molar-refractivity contribution in [3.63, 3.8) is 0 Å². The SMILES string of the molecule is Clc1ccccc1N1CC2(CCNC2)C1. The van der Waals surface area contributed by atoms with E-state index in [1.165, 1.54) is 25.2 Å². The summed E-state index contributed by atoms with van der Waals surface area (Å²) in [6.45, 7) is 4.66. The van der Waals surface area contributed by atoms with Crippen LogP contribution in [-0.4, -0.2) is 26.2 Å². The summed E-state index contributed by atoms with van der Waals surface area (Å²) in [7, 11) is 0. The molecule has 0 bridgehead atoms. The molecule has 2 nitrogen and oxygen atoms in total. The summed E-state index contributed by atoms with van der Waals surface area (Å²) in [5.41, 5.74) is 1.73. The third kappa shape index (κ3) is 1.52. The van der Waals surface area contributed by atoms with Gasteiger partial charge in [-0.25, -0.2) is 0 Å². The Bertz CT molecular complexity index is 364. The van der Waals surface area contributed by atoms with Crippen molar-refractivity contribution in [3.05, 3.63) is 29.3 Å². The Labute approximate surface area is 95.2 Å². The third-order valence-electron chi connectivity index (χ3n) is 3.58. The van der Waals surface area contributed by atoms with Gasteiger partial charge in [0.05, 0.1) is 10.7 Å². The maximum Gasteiger partial charge on any atom is 0.0639 e. The first kappa shape index (κ1) is 9.49. The second-order valence-corrected chi connectivity index (χ2v) is 5.14. The van der Waals surface area contributed by atoms with E-state index in [0.29, 0.717) is 5.41 Å². The number of nitrogens with zero attached hydrogens (tertiary/aromatic N) is 1. The van der Waals surface area contributed by atoms with Crippen molar-refractivity contribution >= 4 is 17.3 Å². The molecule has 1 N–H and O–H groups in total. The molecule has 15 heavy (non-hydrogen) atoms. The second kappa shape index (κ2) is 3.39. The maximum absolute atomic E-state index is 6.17. The van der Waals surface area contributed by atoms with Crippen LogP contribution in [0.3, 0.4) is 0 Å². The molecule has 2 fully saturated rings. The van der Waals surface area contributed by atoms with Crippen LogP contribution in [0.25, 0.3) is 0 Å². The zero-order valence-electron chi connectivity index (χ0n) is 8.67. The normalized spacial score (nSPS) is 23.1. The van der Waals surface area contributed by atoms with E-state index in [2.05, 4.69) is 22.3 Å². The highest BCUT2D eigenvalue weighted by molar-refractivity contribution is 6.33. The Kier molecular flexibility index (Phi) is 2.15. The van der Waals surface area contributed by atoms with Crippen molar-refractivity contribution in [1.82, 2.24) is 5.32 Å². The maximum atomic E-state index is 6.17. The number of hydrogen-bond acceptors (Lipinski definition) is 2. The molecule has 1 aromatic rings. The molecule has 0 atom stereocenters. The Morgan fingerprint density at radius 2 is 2.07 bits per heavy atom. The van der Waals surface area contributed by atoms with Crippen molar-refractivity contribution in [1.29, 1.82) is 0 Å². The topological polar surface area (TPSA) is 15.3 Å². The Morgan fingerprint density at radius 1 is 1.27 bits per heavy atom. The largest absolute Gasteiger partial charge is 0.369 e. The van der Waals surface area contributed by atoms with Gasteiger partial charge >= 0.3 is 0 Å². The molecule has 0 radical (unpaired) electrons. The summed E-state index contributed by atoms with van der Waals surface area (Å²) < 4.78 is 0. The molecule has 0 saturated carbocycles. The fraction of sp³-hybridized carbons (Fsp3) is 0.500. The van der Waals surface area contributed by atoms with E-state index in [1.54, 1.807) is 0 Å². The van der Waals surface area contributed by atoms with Gasteiger partial charge in [0, 0.05) is 25.0 Å². The fourth-order valence-corrected chi connectivity index (χ4v) is 2.96. The van der Waals surface area contributed by atoms with Crippen molar-refractivity contribution in [2.45, 2.75) is 6.42 Å². The first-order chi connectivity index (χ1) is 7.29. The van der Waals surface area contributed by atoms with Crippen LogP contribution in [0.4, 0.5) is 5.69 Å². The number of para-hydroxylation sites is 1. The van der Waals surface area contributed by atoms with Crippen LogP contribution in [0.1, 0.15) is 6.42 Å². The van der Waals surface area contributed by atoms with E-state index in [4.69, 9.17) is 11.6 Å². The van der Waals surface area contributed by atoms with Crippen molar-refractivity contribution in [2.24, 2.45) is 5.41 Å². The summed E-state index contributed by atoms with van der Waals surface area (Å²) >= 11 is 6.17. The fourth-order valence-electron chi connectivity index (χ4n) is 2.71. The van der Waals surface area contributed by atoms with E-state index >= 15 is 0 Å². The van der Waals surface area contributed by atoms with Gasteiger partial charge in [-0.1, -0.05) is 23.7 Å². The minimum atomic E-state index is 0.541. The highest BCUT2D eigenvalue weighted by Crippen LogP contribution is 2.40. The zero-order chi connectivity index (χ0) is 10.3. The molecule has 2 saturated heterocycles. The van der Waals surface area contributed by atoms with Gasteiger partial charge < -0.3 is 10.2 Å². The van der Waals surface area contributed by atoms with Crippen LogP contribution in [-0.2, 0) is 0 Å². The van der Waals surface area contributed by atoms with E-state index in [-0.39, 0.29) is 0 Å². The summed E-state index contributed by atoms with van der Waals surface area (Å²) in [6.07, 6.45) is 1.31. The van der Waals surface area contributed by atoms with Crippen molar-refractivity contribution in [2.75, 3.05) is 31.1 Å². The molecule has 0 aliphatic carbocycles. The molecule has 1 spiro atoms. The van der Waals surface area contributed by atoms with Gasteiger partial charge in [0.15, 0.2) is 0 Å². The zero-order valence-corrected chi connectivity index (χ0v) is 9.43. The van der Waals surface area contributed by atoms with Gasteiger partial charge in [0.25, 0.3) is 0 Å². The van der Waals surface area contributed by atoms with Gasteiger partial charge in [-0.2, -0.15) is 0 Å². The lowest BCUT2D eigenvalue weighted by Crippen LogP contribution is -2.57. The van der Waals surface area contributed by atoms with Crippen molar-refractivity contribution < 1.29 is 0 Å². The second-order valence-electron chi connectivity index (χ2n) is 4.73. The summed E-state index contributed by atoms with van der Waals surface area (Å²) in [6, 6.07) is 8.12. The predicted molar refractivity (Wildman–Crippen MR) is 63.6 cm³/mol. The van der Waals surface area contributed by atoms with E-state index < -0.39 is 0 Å². The van der Waals surface area contributed by atoms with E-state index in [0.717, 1.165) is 18.1 Å². The number of nitrogens with one attached hydrogen (secondary N) is 1. The molecule has 80 valence electrons. The van der Waals surface area contributed by atoms with Gasteiger partial charge in [0.1, 0.15) is 0 Å². The quantitative estimate of drug-likeness (QED) is 0.784.